The van der Waals surface area contributed by atoms with E-state index in [1.165, 1.54) is 19.2 Å². The second-order valence-electron chi connectivity index (χ2n) is 4.96. The van der Waals surface area contributed by atoms with Gasteiger partial charge in [-0.25, -0.2) is 0 Å². The van der Waals surface area contributed by atoms with E-state index in [2.05, 4.69) is 10.6 Å². The summed E-state index contributed by atoms with van der Waals surface area (Å²) in [4.78, 5) is 22.4. The van der Waals surface area contributed by atoms with Gasteiger partial charge in [0.2, 0.25) is 0 Å². The minimum absolute atomic E-state index is 0.0368. The molecule has 0 aliphatic carbocycles. The Kier molecular flexibility index (Phi) is 5.73. The van der Waals surface area contributed by atoms with Crippen LogP contribution in [-0.2, 0) is 6.42 Å². The predicted molar refractivity (Wildman–Crippen MR) is 92.0 cm³/mol. The molecule has 0 fully saturated rings. The smallest absolute Gasteiger partial charge is 0.311 e. The van der Waals surface area contributed by atoms with E-state index in [1.54, 1.807) is 12.1 Å². The van der Waals surface area contributed by atoms with Gasteiger partial charge in [-0.15, -0.1) is 0 Å². The second-order valence-corrected chi connectivity index (χ2v) is 5.33. The quantitative estimate of drug-likeness (QED) is 0.549. The van der Waals surface area contributed by atoms with E-state index >= 15 is 0 Å². The van der Waals surface area contributed by atoms with Gasteiger partial charge in [-0.3, -0.25) is 14.9 Å². The maximum absolute atomic E-state index is 11.7. The van der Waals surface area contributed by atoms with E-state index in [9.17, 15) is 14.9 Å². The number of nitrogens with one attached hydrogen (secondary N) is 2. The zero-order valence-corrected chi connectivity index (χ0v) is 13.6. The maximum atomic E-state index is 11.7. The summed E-state index contributed by atoms with van der Waals surface area (Å²) in [5.41, 5.74) is 1.44. The van der Waals surface area contributed by atoms with E-state index < -0.39 is 10.8 Å². The van der Waals surface area contributed by atoms with Gasteiger partial charge in [0, 0.05) is 19.3 Å². The van der Waals surface area contributed by atoms with Gasteiger partial charge in [0.1, 0.15) is 10.7 Å². The molecule has 0 unspecified atom stereocenters. The lowest BCUT2D eigenvalue weighted by molar-refractivity contribution is -0.383. The Hall–Kier alpha value is -2.64. The lowest BCUT2D eigenvalue weighted by Gasteiger charge is -2.11. The average Bonchev–Trinajstić information content (AvgIpc) is 2.56. The number of hydrogen-bond donors (Lipinski definition) is 3. The first-order valence-corrected chi connectivity index (χ1v) is 7.51. The molecular weight excluding hydrogens is 334 g/mol. The van der Waals surface area contributed by atoms with Crippen molar-refractivity contribution in [3.63, 3.8) is 0 Å². The number of nitrogens with zero attached hydrogens (tertiary/aromatic N) is 1. The fourth-order valence-corrected chi connectivity index (χ4v) is 2.51. The van der Waals surface area contributed by atoms with Crippen molar-refractivity contribution in [1.29, 1.82) is 0 Å². The summed E-state index contributed by atoms with van der Waals surface area (Å²) in [6.45, 7) is 0.0504. The highest BCUT2D eigenvalue weighted by atomic mass is 35.5. The lowest BCUT2D eigenvalue weighted by atomic mass is 10.1. The number of carbonyl (C=O) groups excluding carboxylic acids is 1. The predicted octanol–water partition coefficient (Wildman–Crippen LogP) is 2.89. The van der Waals surface area contributed by atoms with Crippen molar-refractivity contribution in [3.05, 3.63) is 62.7 Å². The number of hydrogen-bond acceptors (Lipinski definition) is 5. The minimum Gasteiger partial charge on any atom is -0.396 e. The van der Waals surface area contributed by atoms with Crippen LogP contribution in [0.25, 0.3) is 0 Å². The van der Waals surface area contributed by atoms with Crippen LogP contribution in [0.3, 0.4) is 0 Å². The first-order chi connectivity index (χ1) is 11.5. The molecule has 7 nitrogen and oxygen atoms in total. The van der Waals surface area contributed by atoms with Gasteiger partial charge in [-0.05, 0) is 36.2 Å². The molecule has 0 radical (unpaired) electrons. The summed E-state index contributed by atoms with van der Waals surface area (Å²) >= 11 is 6.04. The molecular formula is C16H16ClN3O4. The van der Waals surface area contributed by atoms with E-state index in [0.29, 0.717) is 12.1 Å². The van der Waals surface area contributed by atoms with Gasteiger partial charge in [0.05, 0.1) is 10.5 Å². The van der Waals surface area contributed by atoms with Crippen LogP contribution in [0.2, 0.25) is 5.02 Å². The molecule has 0 aliphatic rings. The highest BCUT2D eigenvalue weighted by Crippen LogP contribution is 2.37. The number of aliphatic hydroxyl groups excluding tert-OH is 1. The molecule has 126 valence electrons. The van der Waals surface area contributed by atoms with Crippen LogP contribution >= 0.6 is 11.6 Å². The molecule has 0 bridgehead atoms. The van der Waals surface area contributed by atoms with Crippen molar-refractivity contribution in [3.8, 4) is 0 Å². The van der Waals surface area contributed by atoms with Crippen LogP contribution in [0.4, 0.5) is 17.1 Å². The molecule has 3 N–H and O–H groups in total. The Morgan fingerprint density at radius 2 is 1.92 bits per heavy atom. The monoisotopic (exact) mass is 349 g/mol. The largest absolute Gasteiger partial charge is 0.396 e. The number of benzene rings is 2. The first kappa shape index (κ1) is 17.7. The molecule has 2 rings (SSSR count). The fourth-order valence-electron chi connectivity index (χ4n) is 2.19. The van der Waals surface area contributed by atoms with Gasteiger partial charge in [0.15, 0.2) is 0 Å². The van der Waals surface area contributed by atoms with Crippen molar-refractivity contribution in [2.24, 2.45) is 0 Å². The third-order valence-corrected chi connectivity index (χ3v) is 3.79. The van der Waals surface area contributed by atoms with E-state index in [-0.39, 0.29) is 28.6 Å². The van der Waals surface area contributed by atoms with Crippen molar-refractivity contribution < 1.29 is 14.8 Å². The maximum Gasteiger partial charge on any atom is 0.311 e. The number of amides is 1. The molecule has 0 aliphatic heterocycles. The zero-order valence-electron chi connectivity index (χ0n) is 12.9. The Labute approximate surface area is 143 Å². The number of nitro benzene ring substituents is 1. The van der Waals surface area contributed by atoms with Crippen molar-refractivity contribution >= 4 is 34.6 Å². The molecule has 0 saturated carbocycles. The Morgan fingerprint density at radius 1 is 1.25 bits per heavy atom. The van der Waals surface area contributed by atoms with Crippen LogP contribution in [-0.4, -0.2) is 29.6 Å². The minimum atomic E-state index is -0.628. The number of halogens is 1. The summed E-state index contributed by atoms with van der Waals surface area (Å²) in [5, 5.41) is 25.4. The van der Waals surface area contributed by atoms with Gasteiger partial charge < -0.3 is 15.7 Å². The topological polar surface area (TPSA) is 104 Å². The van der Waals surface area contributed by atoms with Crippen molar-refractivity contribution in [2.75, 3.05) is 19.0 Å². The third kappa shape index (κ3) is 3.81. The molecule has 24 heavy (non-hydrogen) atoms. The van der Waals surface area contributed by atoms with Gasteiger partial charge >= 0.3 is 5.69 Å². The Morgan fingerprint density at radius 3 is 2.46 bits per heavy atom. The SMILES string of the molecule is CNC(=O)c1ccc(Nc2ccc(CCO)cc2)c([N+](=O)[O-])c1Cl. The Bertz CT molecular complexity index is 763. The molecule has 0 heterocycles. The van der Waals surface area contributed by atoms with Crippen LogP contribution in [0.1, 0.15) is 15.9 Å². The molecule has 2 aromatic rings. The molecule has 0 aromatic heterocycles. The summed E-state index contributed by atoms with van der Waals surface area (Å²) in [6, 6.07) is 9.98. The van der Waals surface area contributed by atoms with Gasteiger partial charge in [0.25, 0.3) is 5.91 Å². The number of nitro groups is 1. The Balaban J connectivity index is 2.37. The van der Waals surface area contributed by atoms with Crippen molar-refractivity contribution in [1.82, 2.24) is 5.32 Å². The van der Waals surface area contributed by atoms with Crippen LogP contribution in [0.15, 0.2) is 36.4 Å². The molecule has 8 heteroatoms. The van der Waals surface area contributed by atoms with E-state index in [0.717, 1.165) is 5.56 Å². The highest BCUT2D eigenvalue weighted by molar-refractivity contribution is 6.36. The average molecular weight is 350 g/mol. The van der Waals surface area contributed by atoms with Crippen molar-refractivity contribution in [2.45, 2.75) is 6.42 Å². The molecule has 0 atom stereocenters. The fraction of sp³-hybridized carbons (Fsp3) is 0.188. The molecule has 1 amide bonds. The number of carbonyl (C=O) groups is 1. The summed E-state index contributed by atoms with van der Waals surface area (Å²) in [6.07, 6.45) is 0.535. The number of aliphatic hydroxyl groups is 1. The van der Waals surface area contributed by atoms with Crippen LogP contribution in [0.5, 0.6) is 0 Å². The van der Waals surface area contributed by atoms with Gasteiger partial charge in [-0.1, -0.05) is 23.7 Å². The highest BCUT2D eigenvalue weighted by Gasteiger charge is 2.24. The third-order valence-electron chi connectivity index (χ3n) is 3.40. The summed E-state index contributed by atoms with van der Waals surface area (Å²) in [5.74, 6) is -0.497. The summed E-state index contributed by atoms with van der Waals surface area (Å²) in [7, 11) is 1.42. The second kappa shape index (κ2) is 7.76. The molecule has 0 spiro atoms. The van der Waals surface area contributed by atoms with Crippen LogP contribution < -0.4 is 10.6 Å². The standard InChI is InChI=1S/C16H16ClN3O4/c1-18-16(22)12-6-7-13(15(14(12)17)20(23)24)19-11-4-2-10(3-5-11)8-9-21/h2-7,19,21H,8-9H2,1H3,(H,18,22). The van der Waals surface area contributed by atoms with E-state index in [1.807, 2.05) is 12.1 Å². The zero-order chi connectivity index (χ0) is 17.7. The normalized spacial score (nSPS) is 10.3. The number of anilines is 2. The molecule has 2 aromatic carbocycles. The molecule has 0 saturated heterocycles. The lowest BCUT2D eigenvalue weighted by Crippen LogP contribution is -2.18. The summed E-state index contributed by atoms with van der Waals surface area (Å²) < 4.78 is 0. The van der Waals surface area contributed by atoms with Crippen LogP contribution in [0, 0.1) is 10.1 Å². The first-order valence-electron chi connectivity index (χ1n) is 7.13. The number of rotatable bonds is 6. The van der Waals surface area contributed by atoms with Gasteiger partial charge in [-0.2, -0.15) is 0 Å². The van der Waals surface area contributed by atoms with E-state index in [4.69, 9.17) is 16.7 Å².